The van der Waals surface area contributed by atoms with Crippen molar-refractivity contribution in [3.63, 3.8) is 0 Å². The van der Waals surface area contributed by atoms with Gasteiger partial charge in [-0.3, -0.25) is 4.57 Å². The topological polar surface area (TPSA) is 140 Å². The van der Waals surface area contributed by atoms with Crippen LogP contribution in [-0.2, 0) is 4.74 Å². The Kier molecular flexibility index (Phi) is 4.04. The summed E-state index contributed by atoms with van der Waals surface area (Å²) in [5.74, 6) is 0.0227. The van der Waals surface area contributed by atoms with E-state index in [0.717, 1.165) is 0 Å². The van der Waals surface area contributed by atoms with E-state index in [4.69, 9.17) is 10.5 Å². The highest BCUT2D eigenvalue weighted by Crippen LogP contribution is 2.36. The number of hydrogen-bond acceptors (Lipinski definition) is 8. The standard InChI is InChI=1S/C16H16FN5O4/c17-8-3-1-7(2-4-8)14-21-10-13(18)19-6-20-15(10)22(14)16-12(25)11(24)9(5-23)26-16/h1-4,6,9,11-12,16,23-25H,5H2,(H2,18,19,20)/t9-,11-,12-,16-/m1/s1. The Hall–Kier alpha value is -2.66. The Morgan fingerprint density at radius 2 is 1.88 bits per heavy atom. The minimum atomic E-state index is -1.33. The number of ether oxygens (including phenoxy) is 1. The predicted molar refractivity (Wildman–Crippen MR) is 88.1 cm³/mol. The van der Waals surface area contributed by atoms with Crippen molar-refractivity contribution in [1.29, 1.82) is 0 Å². The summed E-state index contributed by atoms with van der Waals surface area (Å²) < 4.78 is 20.4. The number of rotatable bonds is 3. The van der Waals surface area contributed by atoms with Crippen molar-refractivity contribution in [3.8, 4) is 11.4 Å². The second-order valence-electron chi connectivity index (χ2n) is 5.97. The molecule has 0 bridgehead atoms. The van der Waals surface area contributed by atoms with E-state index in [2.05, 4.69) is 15.0 Å². The Labute approximate surface area is 146 Å². The maximum Gasteiger partial charge on any atom is 0.168 e. The highest BCUT2D eigenvalue weighted by molar-refractivity contribution is 5.85. The van der Waals surface area contributed by atoms with Gasteiger partial charge in [0.25, 0.3) is 0 Å². The van der Waals surface area contributed by atoms with Crippen LogP contribution in [0.15, 0.2) is 30.6 Å². The molecule has 0 amide bonds. The second-order valence-corrected chi connectivity index (χ2v) is 5.97. The number of fused-ring (bicyclic) bond motifs is 1. The van der Waals surface area contributed by atoms with Gasteiger partial charge in [-0.25, -0.2) is 19.3 Å². The molecular weight excluding hydrogens is 345 g/mol. The molecule has 0 unspecified atom stereocenters. The molecule has 9 nitrogen and oxygen atoms in total. The second kappa shape index (κ2) is 6.25. The molecule has 1 aliphatic rings. The average molecular weight is 361 g/mol. The van der Waals surface area contributed by atoms with Gasteiger partial charge in [0.05, 0.1) is 6.61 Å². The van der Waals surface area contributed by atoms with E-state index in [9.17, 15) is 19.7 Å². The van der Waals surface area contributed by atoms with Crippen LogP contribution in [-0.4, -0.2) is 59.8 Å². The Balaban J connectivity index is 1.93. The van der Waals surface area contributed by atoms with Crippen LogP contribution in [0.5, 0.6) is 0 Å². The van der Waals surface area contributed by atoms with E-state index in [1.807, 2.05) is 0 Å². The van der Waals surface area contributed by atoms with Gasteiger partial charge < -0.3 is 25.8 Å². The number of benzene rings is 1. The fourth-order valence-electron chi connectivity index (χ4n) is 3.06. The van der Waals surface area contributed by atoms with Crippen molar-refractivity contribution < 1.29 is 24.4 Å². The maximum atomic E-state index is 13.3. The Morgan fingerprint density at radius 3 is 2.54 bits per heavy atom. The fraction of sp³-hybridized carbons (Fsp3) is 0.312. The number of nitrogens with two attached hydrogens (primary N) is 1. The number of imidazole rings is 1. The molecule has 1 aromatic carbocycles. The molecule has 4 atom stereocenters. The van der Waals surface area contributed by atoms with Crippen LogP contribution in [0.2, 0.25) is 0 Å². The third-order valence-corrected chi connectivity index (χ3v) is 4.38. The molecule has 0 aliphatic carbocycles. The fourth-order valence-corrected chi connectivity index (χ4v) is 3.06. The van der Waals surface area contributed by atoms with E-state index in [-0.39, 0.29) is 17.0 Å². The lowest BCUT2D eigenvalue weighted by atomic mass is 10.1. The van der Waals surface area contributed by atoms with Crippen LogP contribution < -0.4 is 5.73 Å². The summed E-state index contributed by atoms with van der Waals surface area (Å²) in [6.45, 7) is -0.468. The first-order chi connectivity index (χ1) is 12.5. The number of aromatic nitrogens is 4. The summed E-state index contributed by atoms with van der Waals surface area (Å²) in [4.78, 5) is 12.5. The van der Waals surface area contributed by atoms with Crippen molar-refractivity contribution in [2.45, 2.75) is 24.5 Å². The van der Waals surface area contributed by atoms with Gasteiger partial charge in [0.15, 0.2) is 23.2 Å². The molecule has 26 heavy (non-hydrogen) atoms. The lowest BCUT2D eigenvalue weighted by molar-refractivity contribution is -0.0503. The number of aliphatic hydroxyl groups excluding tert-OH is 3. The summed E-state index contributed by atoms with van der Waals surface area (Å²) in [5, 5.41) is 29.8. The van der Waals surface area contributed by atoms with Crippen molar-refractivity contribution in [2.24, 2.45) is 0 Å². The Bertz CT molecular complexity index is 948. The van der Waals surface area contributed by atoms with E-state index in [1.165, 1.54) is 35.2 Å². The van der Waals surface area contributed by atoms with Crippen LogP contribution in [0, 0.1) is 5.82 Å². The van der Waals surface area contributed by atoms with Crippen LogP contribution in [0.3, 0.4) is 0 Å². The Morgan fingerprint density at radius 1 is 1.15 bits per heavy atom. The molecule has 3 heterocycles. The number of aliphatic hydroxyl groups is 3. The highest BCUT2D eigenvalue weighted by Gasteiger charge is 2.45. The van der Waals surface area contributed by atoms with E-state index in [0.29, 0.717) is 11.4 Å². The first-order valence-electron chi connectivity index (χ1n) is 7.88. The minimum absolute atomic E-state index is 0.129. The van der Waals surface area contributed by atoms with Crippen molar-refractivity contribution >= 4 is 17.0 Å². The lowest BCUT2D eigenvalue weighted by Crippen LogP contribution is -2.33. The first-order valence-corrected chi connectivity index (χ1v) is 7.88. The van der Waals surface area contributed by atoms with Gasteiger partial charge in [0.2, 0.25) is 0 Å². The number of halogens is 1. The number of anilines is 1. The van der Waals surface area contributed by atoms with Gasteiger partial charge in [-0.05, 0) is 24.3 Å². The van der Waals surface area contributed by atoms with Crippen molar-refractivity contribution in [2.75, 3.05) is 12.3 Å². The minimum Gasteiger partial charge on any atom is -0.394 e. The quantitative estimate of drug-likeness (QED) is 0.504. The third-order valence-electron chi connectivity index (χ3n) is 4.38. The normalized spacial score (nSPS) is 25.8. The summed E-state index contributed by atoms with van der Waals surface area (Å²) in [6, 6.07) is 5.56. The molecular formula is C16H16FN5O4. The molecule has 1 saturated heterocycles. The molecule has 1 fully saturated rings. The highest BCUT2D eigenvalue weighted by atomic mass is 19.1. The first kappa shape index (κ1) is 16.8. The van der Waals surface area contributed by atoms with Gasteiger partial charge in [0, 0.05) is 5.56 Å². The smallest absolute Gasteiger partial charge is 0.168 e. The van der Waals surface area contributed by atoms with E-state index < -0.39 is 37.0 Å². The van der Waals surface area contributed by atoms with Crippen LogP contribution in [0.1, 0.15) is 6.23 Å². The molecule has 5 N–H and O–H groups in total. The largest absolute Gasteiger partial charge is 0.394 e. The number of hydrogen-bond donors (Lipinski definition) is 4. The lowest BCUT2D eigenvalue weighted by Gasteiger charge is -2.19. The zero-order valence-electron chi connectivity index (χ0n) is 13.4. The van der Waals surface area contributed by atoms with Gasteiger partial charge in [0.1, 0.15) is 36.3 Å². The van der Waals surface area contributed by atoms with Crippen LogP contribution in [0.25, 0.3) is 22.6 Å². The third kappa shape index (κ3) is 2.51. The summed E-state index contributed by atoms with van der Waals surface area (Å²) in [7, 11) is 0. The molecule has 0 saturated carbocycles. The summed E-state index contributed by atoms with van der Waals surface area (Å²) in [6.07, 6.45) is -3.41. The van der Waals surface area contributed by atoms with Gasteiger partial charge >= 0.3 is 0 Å². The predicted octanol–water partition coefficient (Wildman–Crippen LogP) is -0.174. The molecule has 1 aliphatic heterocycles. The molecule has 0 spiro atoms. The zero-order valence-corrected chi connectivity index (χ0v) is 13.4. The molecule has 2 aromatic heterocycles. The number of nitrogens with zero attached hydrogens (tertiary/aromatic N) is 4. The van der Waals surface area contributed by atoms with Crippen LogP contribution >= 0.6 is 0 Å². The SMILES string of the molecule is Nc1ncnc2c1nc(-c1ccc(F)cc1)n2[C@@H]1O[C@H](CO)[C@@H](O)[C@H]1O. The number of nitrogen functional groups attached to an aromatic ring is 1. The van der Waals surface area contributed by atoms with Gasteiger partial charge in [-0.1, -0.05) is 0 Å². The van der Waals surface area contributed by atoms with Crippen LogP contribution in [0.4, 0.5) is 10.2 Å². The molecule has 3 aromatic rings. The monoisotopic (exact) mass is 361 g/mol. The summed E-state index contributed by atoms with van der Waals surface area (Å²) in [5.41, 5.74) is 6.97. The molecule has 10 heteroatoms. The van der Waals surface area contributed by atoms with E-state index in [1.54, 1.807) is 0 Å². The zero-order chi connectivity index (χ0) is 18.4. The van der Waals surface area contributed by atoms with Gasteiger partial charge in [-0.15, -0.1) is 0 Å². The van der Waals surface area contributed by atoms with E-state index >= 15 is 0 Å². The molecule has 136 valence electrons. The molecule has 0 radical (unpaired) electrons. The molecule has 4 rings (SSSR count). The maximum absolute atomic E-state index is 13.3. The van der Waals surface area contributed by atoms with Crippen molar-refractivity contribution in [3.05, 3.63) is 36.4 Å². The van der Waals surface area contributed by atoms with Crippen molar-refractivity contribution in [1.82, 2.24) is 19.5 Å². The average Bonchev–Trinajstić information content (AvgIpc) is 3.15. The summed E-state index contributed by atoms with van der Waals surface area (Å²) >= 11 is 0. The van der Waals surface area contributed by atoms with Gasteiger partial charge in [-0.2, -0.15) is 0 Å².